The van der Waals surface area contributed by atoms with E-state index in [1.165, 1.54) is 4.52 Å². The van der Waals surface area contributed by atoms with E-state index in [2.05, 4.69) is 15.1 Å². The van der Waals surface area contributed by atoms with Crippen molar-refractivity contribution in [2.75, 3.05) is 13.2 Å². The maximum absolute atomic E-state index is 11.8. The second-order valence-electron chi connectivity index (χ2n) is 4.37. The highest BCUT2D eigenvalue weighted by Gasteiger charge is 2.19. The van der Waals surface area contributed by atoms with Gasteiger partial charge in [-0.15, -0.1) is 5.10 Å². The van der Waals surface area contributed by atoms with Crippen LogP contribution in [0.25, 0.3) is 16.7 Å². The number of esters is 1. The van der Waals surface area contributed by atoms with E-state index in [-0.39, 0.29) is 12.4 Å². The second kappa shape index (κ2) is 5.76. The molecule has 0 unspecified atom stereocenters. The lowest BCUT2D eigenvalue weighted by atomic mass is 10.3. The number of benzene rings is 1. The Kier molecular flexibility index (Phi) is 3.81. The summed E-state index contributed by atoms with van der Waals surface area (Å²) in [7, 11) is 0. The van der Waals surface area contributed by atoms with Gasteiger partial charge in [-0.05, 0) is 32.0 Å². The monoisotopic (exact) mass is 320 g/mol. The van der Waals surface area contributed by atoms with Crippen LogP contribution >= 0.6 is 11.6 Å². The molecule has 7 nitrogen and oxygen atoms in total. The minimum atomic E-state index is -0.587. The first-order valence-electron chi connectivity index (χ1n) is 6.80. The number of nitrogens with zero attached hydrogens (tertiary/aromatic N) is 4. The second-order valence-corrected chi connectivity index (χ2v) is 4.81. The summed E-state index contributed by atoms with van der Waals surface area (Å²) in [5.41, 5.74) is 1.63. The number of carbonyl (C=O) groups excluding carboxylic acids is 1. The minimum absolute atomic E-state index is 0.0351. The zero-order valence-corrected chi connectivity index (χ0v) is 12.8. The van der Waals surface area contributed by atoms with Crippen molar-refractivity contribution in [2.45, 2.75) is 13.8 Å². The number of hydrogen-bond donors (Lipinski definition) is 0. The fourth-order valence-corrected chi connectivity index (χ4v) is 2.23. The first-order valence-corrected chi connectivity index (χ1v) is 7.17. The number of fused-ring (bicyclic) bond motifs is 3. The number of halogens is 1. The Morgan fingerprint density at radius 3 is 2.82 bits per heavy atom. The van der Waals surface area contributed by atoms with E-state index in [4.69, 9.17) is 21.1 Å². The van der Waals surface area contributed by atoms with E-state index in [0.717, 1.165) is 0 Å². The van der Waals surface area contributed by atoms with Crippen LogP contribution in [0.3, 0.4) is 0 Å². The number of ether oxygens (including phenoxy) is 2. The molecule has 1 aromatic carbocycles. The van der Waals surface area contributed by atoms with Gasteiger partial charge in [0.2, 0.25) is 5.65 Å². The van der Waals surface area contributed by atoms with Crippen molar-refractivity contribution < 1.29 is 14.3 Å². The topological polar surface area (TPSA) is 78.6 Å². The van der Waals surface area contributed by atoms with Gasteiger partial charge in [0.1, 0.15) is 0 Å². The van der Waals surface area contributed by atoms with Crippen LogP contribution in [0.15, 0.2) is 18.2 Å². The molecule has 2 aromatic heterocycles. The molecule has 22 heavy (non-hydrogen) atoms. The fraction of sp³-hybridized carbons (Fsp3) is 0.286. The molecule has 0 bridgehead atoms. The van der Waals surface area contributed by atoms with Gasteiger partial charge in [0.25, 0.3) is 11.7 Å². The first kappa shape index (κ1) is 14.5. The Labute approximate surface area is 130 Å². The molecular formula is C14H13ClN4O3. The van der Waals surface area contributed by atoms with E-state index in [1.54, 1.807) is 25.1 Å². The normalized spacial score (nSPS) is 11.0. The summed E-state index contributed by atoms with van der Waals surface area (Å²) in [6.45, 7) is 4.22. The highest BCUT2D eigenvalue weighted by atomic mass is 35.5. The van der Waals surface area contributed by atoms with Gasteiger partial charge in [0, 0.05) is 5.02 Å². The third-order valence-corrected chi connectivity index (χ3v) is 3.16. The molecule has 0 saturated heterocycles. The van der Waals surface area contributed by atoms with Crippen LogP contribution in [-0.2, 0) is 4.74 Å². The molecule has 2 heterocycles. The Morgan fingerprint density at radius 2 is 2.09 bits per heavy atom. The summed E-state index contributed by atoms with van der Waals surface area (Å²) in [6.07, 6.45) is 0. The van der Waals surface area contributed by atoms with Crippen LogP contribution in [0, 0.1) is 0 Å². The molecule has 3 rings (SSSR count). The van der Waals surface area contributed by atoms with Crippen molar-refractivity contribution >= 4 is 34.3 Å². The number of rotatable bonds is 4. The van der Waals surface area contributed by atoms with Crippen LogP contribution in [0.5, 0.6) is 5.88 Å². The molecule has 0 aliphatic carbocycles. The number of hydrogen-bond acceptors (Lipinski definition) is 6. The Bertz CT molecular complexity index is 862. The van der Waals surface area contributed by atoms with Crippen molar-refractivity contribution in [3.63, 3.8) is 0 Å². The van der Waals surface area contributed by atoms with Gasteiger partial charge in [0.15, 0.2) is 0 Å². The molecule has 0 amide bonds. The molecule has 3 aromatic rings. The minimum Gasteiger partial charge on any atom is -0.475 e. The van der Waals surface area contributed by atoms with Crippen molar-refractivity contribution in [3.05, 3.63) is 29.0 Å². The Balaban J connectivity index is 2.28. The lowest BCUT2D eigenvalue weighted by molar-refractivity contribution is 0.0512. The Morgan fingerprint density at radius 1 is 1.27 bits per heavy atom. The average Bonchev–Trinajstić information content (AvgIpc) is 2.93. The van der Waals surface area contributed by atoms with E-state index >= 15 is 0 Å². The summed E-state index contributed by atoms with van der Waals surface area (Å²) < 4.78 is 11.9. The molecule has 0 aliphatic heterocycles. The largest absolute Gasteiger partial charge is 0.475 e. The van der Waals surface area contributed by atoms with Gasteiger partial charge in [-0.3, -0.25) is 0 Å². The average molecular weight is 321 g/mol. The zero-order valence-electron chi connectivity index (χ0n) is 12.0. The molecule has 0 spiro atoms. The molecule has 0 fully saturated rings. The smallest absolute Gasteiger partial charge is 0.378 e. The highest BCUT2D eigenvalue weighted by Crippen LogP contribution is 2.24. The summed E-state index contributed by atoms with van der Waals surface area (Å²) in [5.74, 6) is -0.330. The highest BCUT2D eigenvalue weighted by molar-refractivity contribution is 6.31. The summed E-state index contributed by atoms with van der Waals surface area (Å²) in [6, 6.07) is 5.18. The van der Waals surface area contributed by atoms with Gasteiger partial charge < -0.3 is 9.47 Å². The van der Waals surface area contributed by atoms with Crippen molar-refractivity contribution in [2.24, 2.45) is 0 Å². The molecule has 0 saturated carbocycles. The summed E-state index contributed by atoms with van der Waals surface area (Å²) >= 11 is 6.00. The summed E-state index contributed by atoms with van der Waals surface area (Å²) in [5, 5.41) is 4.75. The van der Waals surface area contributed by atoms with E-state index in [9.17, 15) is 4.79 Å². The predicted octanol–water partition coefficient (Wildman–Crippen LogP) is 2.51. The van der Waals surface area contributed by atoms with Crippen molar-refractivity contribution in [1.29, 1.82) is 0 Å². The molecule has 8 heteroatoms. The van der Waals surface area contributed by atoms with Crippen LogP contribution < -0.4 is 4.74 Å². The van der Waals surface area contributed by atoms with Gasteiger partial charge in [-0.25, -0.2) is 14.3 Å². The van der Waals surface area contributed by atoms with E-state index in [0.29, 0.717) is 34.2 Å². The van der Waals surface area contributed by atoms with E-state index in [1.807, 2.05) is 6.92 Å². The molecule has 0 radical (unpaired) electrons. The lowest BCUT2D eigenvalue weighted by Gasteiger charge is -2.06. The molecule has 0 N–H and O–H groups in total. The maximum Gasteiger partial charge on any atom is 0.378 e. The first-order chi connectivity index (χ1) is 10.6. The molecule has 0 aliphatic rings. The quantitative estimate of drug-likeness (QED) is 0.687. The van der Waals surface area contributed by atoms with Gasteiger partial charge in [0.05, 0.1) is 24.2 Å². The SMILES string of the molecule is CCOC(=O)c1nc2c(OCC)nc3cc(Cl)ccc3n2n1. The lowest BCUT2D eigenvalue weighted by Crippen LogP contribution is -2.07. The van der Waals surface area contributed by atoms with Gasteiger partial charge >= 0.3 is 5.97 Å². The number of aromatic nitrogens is 4. The maximum atomic E-state index is 11.8. The Hall–Kier alpha value is -2.41. The van der Waals surface area contributed by atoms with Crippen molar-refractivity contribution in [1.82, 2.24) is 19.6 Å². The summed E-state index contributed by atoms with van der Waals surface area (Å²) in [4.78, 5) is 20.4. The fourth-order valence-electron chi connectivity index (χ4n) is 2.06. The third kappa shape index (κ3) is 2.43. The van der Waals surface area contributed by atoms with Crippen molar-refractivity contribution in [3.8, 4) is 5.88 Å². The van der Waals surface area contributed by atoms with Crippen LogP contribution in [0.1, 0.15) is 24.5 Å². The van der Waals surface area contributed by atoms with E-state index < -0.39 is 5.97 Å². The number of carbonyl (C=O) groups is 1. The standard InChI is InChI=1S/C14H13ClN4O3/c1-3-21-13-12-17-11(14(20)22-4-2)18-19(12)10-6-5-8(15)7-9(10)16-13/h5-7H,3-4H2,1-2H3. The predicted molar refractivity (Wildman–Crippen MR) is 80.4 cm³/mol. The molecule has 0 atom stereocenters. The van der Waals surface area contributed by atoms with Crippen LogP contribution in [-0.4, -0.2) is 38.8 Å². The third-order valence-electron chi connectivity index (χ3n) is 2.93. The zero-order chi connectivity index (χ0) is 15.7. The molecular weight excluding hydrogens is 308 g/mol. The van der Waals surface area contributed by atoms with Crippen LogP contribution in [0.4, 0.5) is 0 Å². The van der Waals surface area contributed by atoms with Gasteiger partial charge in [-0.1, -0.05) is 11.6 Å². The molecule has 114 valence electrons. The van der Waals surface area contributed by atoms with Gasteiger partial charge in [-0.2, -0.15) is 4.98 Å². The van der Waals surface area contributed by atoms with Crippen LogP contribution in [0.2, 0.25) is 5.02 Å².